The lowest BCUT2D eigenvalue weighted by atomic mass is 10.2. The van der Waals surface area contributed by atoms with Crippen molar-refractivity contribution in [2.45, 2.75) is 18.1 Å². The summed E-state index contributed by atoms with van der Waals surface area (Å²) in [5, 5.41) is 10.3. The van der Waals surface area contributed by atoms with E-state index in [2.05, 4.69) is 20.8 Å². The lowest BCUT2D eigenvalue weighted by molar-refractivity contribution is -0.922. The van der Waals surface area contributed by atoms with Crippen LogP contribution in [0.1, 0.15) is 11.4 Å². The second-order valence-electron chi connectivity index (χ2n) is 7.96. The molecule has 2 aliphatic heterocycles. The molecular formula is C23H25ClN5O2S+. The van der Waals surface area contributed by atoms with E-state index < -0.39 is 0 Å². The lowest BCUT2D eigenvalue weighted by Crippen LogP contribution is -3.12. The first kappa shape index (κ1) is 21.5. The zero-order valence-electron chi connectivity index (χ0n) is 17.7. The second kappa shape index (κ2) is 9.62. The van der Waals surface area contributed by atoms with E-state index in [4.69, 9.17) is 16.3 Å². The van der Waals surface area contributed by atoms with Gasteiger partial charge in [-0.1, -0.05) is 41.6 Å². The van der Waals surface area contributed by atoms with E-state index in [1.165, 1.54) is 22.2 Å². The number of quaternary nitrogens is 1. The molecule has 1 amide bonds. The van der Waals surface area contributed by atoms with Crippen molar-refractivity contribution >= 4 is 35.0 Å². The molecule has 5 rings (SSSR count). The van der Waals surface area contributed by atoms with Gasteiger partial charge in [0.2, 0.25) is 5.91 Å². The summed E-state index contributed by atoms with van der Waals surface area (Å²) in [6.45, 7) is 4.91. The number of nitrogens with zero attached hydrogens (tertiary/aromatic N) is 4. The fourth-order valence-corrected chi connectivity index (χ4v) is 5.19. The molecule has 1 N–H and O–H groups in total. The smallest absolute Gasteiger partial charge is 0.237 e. The SMILES string of the molecule is O=C(CSc1nnc(C[NH+]2CCOCC2)n1-c1ccc(Cl)cc1)N1CCc2ccccc21. The van der Waals surface area contributed by atoms with Gasteiger partial charge < -0.3 is 14.5 Å². The average Bonchev–Trinajstić information content (AvgIpc) is 3.43. The standard InChI is InChI=1S/C23H24ClN5O2S/c24-18-5-7-19(8-6-18)29-21(15-27-11-13-31-14-12-27)25-26-23(29)32-16-22(30)28-10-9-17-3-1-2-4-20(17)28/h1-8H,9-16H2/p+1. The number of morpholine rings is 1. The number of fused-ring (bicyclic) bond motifs is 1. The molecule has 0 unspecified atom stereocenters. The second-order valence-corrected chi connectivity index (χ2v) is 9.34. The maximum atomic E-state index is 13.0. The largest absolute Gasteiger partial charge is 0.370 e. The molecule has 3 aromatic rings. The molecule has 1 fully saturated rings. The molecular weight excluding hydrogens is 446 g/mol. The Balaban J connectivity index is 1.36. The summed E-state index contributed by atoms with van der Waals surface area (Å²) in [6, 6.07) is 15.8. The quantitative estimate of drug-likeness (QED) is 0.558. The molecule has 2 aromatic carbocycles. The number of carbonyl (C=O) groups is 1. The molecule has 3 heterocycles. The highest BCUT2D eigenvalue weighted by atomic mass is 35.5. The predicted molar refractivity (Wildman–Crippen MR) is 125 cm³/mol. The number of carbonyl (C=O) groups excluding carboxylic acids is 1. The Kier molecular flexibility index (Phi) is 6.45. The van der Waals surface area contributed by atoms with E-state index in [1.807, 2.05) is 47.4 Å². The summed E-state index contributed by atoms with van der Waals surface area (Å²) >= 11 is 7.54. The fraction of sp³-hybridized carbons (Fsp3) is 0.348. The van der Waals surface area contributed by atoms with Gasteiger partial charge in [0.1, 0.15) is 19.6 Å². The van der Waals surface area contributed by atoms with E-state index in [-0.39, 0.29) is 5.91 Å². The van der Waals surface area contributed by atoms with Crippen molar-refractivity contribution in [3.63, 3.8) is 0 Å². The van der Waals surface area contributed by atoms with Crippen LogP contribution < -0.4 is 9.80 Å². The minimum Gasteiger partial charge on any atom is -0.370 e. The molecule has 1 saturated heterocycles. The number of thioether (sulfide) groups is 1. The topological polar surface area (TPSA) is 64.7 Å². The number of anilines is 1. The Morgan fingerprint density at radius 3 is 2.69 bits per heavy atom. The van der Waals surface area contributed by atoms with Gasteiger partial charge in [0.25, 0.3) is 0 Å². The van der Waals surface area contributed by atoms with Gasteiger partial charge in [0.15, 0.2) is 11.0 Å². The summed E-state index contributed by atoms with van der Waals surface area (Å²) < 4.78 is 7.54. The van der Waals surface area contributed by atoms with Crippen LogP contribution in [-0.2, 0) is 22.5 Å². The Labute approximate surface area is 196 Å². The third-order valence-corrected chi connectivity index (χ3v) is 7.07. The normalized spacial score (nSPS) is 16.3. The van der Waals surface area contributed by atoms with E-state index in [1.54, 1.807) is 0 Å². The Morgan fingerprint density at radius 2 is 1.88 bits per heavy atom. The molecule has 0 atom stereocenters. The minimum atomic E-state index is 0.0889. The molecule has 7 nitrogen and oxygen atoms in total. The van der Waals surface area contributed by atoms with E-state index in [9.17, 15) is 4.79 Å². The van der Waals surface area contributed by atoms with Crippen LogP contribution in [-0.4, -0.2) is 59.3 Å². The van der Waals surface area contributed by atoms with Gasteiger partial charge in [-0.3, -0.25) is 9.36 Å². The zero-order valence-corrected chi connectivity index (χ0v) is 19.2. The molecule has 0 spiro atoms. The molecule has 166 valence electrons. The molecule has 1 aromatic heterocycles. The summed E-state index contributed by atoms with van der Waals surface area (Å²) in [5.74, 6) is 1.28. The van der Waals surface area contributed by atoms with Crippen molar-refractivity contribution in [3.05, 3.63) is 64.9 Å². The number of para-hydroxylation sites is 1. The summed E-state index contributed by atoms with van der Waals surface area (Å²) in [6.07, 6.45) is 0.903. The van der Waals surface area contributed by atoms with Crippen LogP contribution in [0.4, 0.5) is 5.69 Å². The minimum absolute atomic E-state index is 0.0889. The number of hydrogen-bond acceptors (Lipinski definition) is 5. The number of ether oxygens (including phenoxy) is 1. The van der Waals surface area contributed by atoms with Gasteiger partial charge in [-0.05, 0) is 42.3 Å². The monoisotopic (exact) mass is 470 g/mol. The Hall–Kier alpha value is -2.39. The van der Waals surface area contributed by atoms with Crippen molar-refractivity contribution < 1.29 is 14.4 Å². The number of nitrogens with one attached hydrogen (secondary N) is 1. The highest BCUT2D eigenvalue weighted by Crippen LogP contribution is 2.29. The molecule has 0 aliphatic carbocycles. The number of benzene rings is 2. The number of amides is 1. The van der Waals surface area contributed by atoms with Crippen molar-refractivity contribution in [1.29, 1.82) is 0 Å². The Bertz CT molecular complexity index is 1100. The van der Waals surface area contributed by atoms with Crippen LogP contribution >= 0.6 is 23.4 Å². The van der Waals surface area contributed by atoms with Gasteiger partial charge in [-0.25, -0.2) is 0 Å². The van der Waals surface area contributed by atoms with Crippen molar-refractivity contribution in [2.24, 2.45) is 0 Å². The third-order valence-electron chi connectivity index (χ3n) is 5.91. The van der Waals surface area contributed by atoms with Crippen molar-refractivity contribution in [2.75, 3.05) is 43.5 Å². The zero-order chi connectivity index (χ0) is 21.9. The van der Waals surface area contributed by atoms with E-state index in [0.29, 0.717) is 10.8 Å². The van der Waals surface area contributed by atoms with Crippen molar-refractivity contribution in [3.8, 4) is 5.69 Å². The van der Waals surface area contributed by atoms with Gasteiger partial charge in [0.05, 0.1) is 19.0 Å². The molecule has 9 heteroatoms. The van der Waals surface area contributed by atoms with Crippen LogP contribution in [0.3, 0.4) is 0 Å². The van der Waals surface area contributed by atoms with Gasteiger partial charge in [0, 0.05) is 22.9 Å². The summed E-state index contributed by atoms with van der Waals surface area (Å²) in [5.41, 5.74) is 3.20. The summed E-state index contributed by atoms with van der Waals surface area (Å²) in [4.78, 5) is 16.3. The maximum absolute atomic E-state index is 13.0. The van der Waals surface area contributed by atoms with Crippen LogP contribution in [0.5, 0.6) is 0 Å². The fourth-order valence-electron chi connectivity index (χ4n) is 4.22. The summed E-state index contributed by atoms with van der Waals surface area (Å²) in [7, 11) is 0. The first-order valence-electron chi connectivity index (χ1n) is 10.8. The van der Waals surface area contributed by atoms with Crippen LogP contribution in [0, 0.1) is 0 Å². The van der Waals surface area contributed by atoms with Crippen LogP contribution in [0.15, 0.2) is 53.7 Å². The predicted octanol–water partition coefficient (Wildman–Crippen LogP) is 2.02. The molecule has 0 saturated carbocycles. The first-order valence-corrected chi connectivity index (χ1v) is 12.2. The molecule has 0 radical (unpaired) electrons. The van der Waals surface area contributed by atoms with Gasteiger partial charge in [-0.15, -0.1) is 10.2 Å². The molecule has 0 bridgehead atoms. The lowest BCUT2D eigenvalue weighted by Gasteiger charge is -2.23. The Morgan fingerprint density at radius 1 is 1.09 bits per heavy atom. The molecule has 32 heavy (non-hydrogen) atoms. The highest BCUT2D eigenvalue weighted by Gasteiger charge is 2.26. The number of halogens is 1. The van der Waals surface area contributed by atoms with Crippen LogP contribution in [0.2, 0.25) is 5.02 Å². The van der Waals surface area contributed by atoms with Gasteiger partial charge >= 0.3 is 0 Å². The van der Waals surface area contributed by atoms with Gasteiger partial charge in [-0.2, -0.15) is 0 Å². The molecule has 2 aliphatic rings. The number of hydrogen-bond donors (Lipinski definition) is 1. The van der Waals surface area contributed by atoms with E-state index in [0.717, 1.165) is 68.2 Å². The van der Waals surface area contributed by atoms with E-state index >= 15 is 0 Å². The number of aromatic nitrogens is 3. The average molecular weight is 471 g/mol. The third kappa shape index (κ3) is 4.54. The number of rotatable bonds is 6. The first-order chi connectivity index (χ1) is 15.7. The maximum Gasteiger partial charge on any atom is 0.237 e. The van der Waals surface area contributed by atoms with Crippen LogP contribution in [0.25, 0.3) is 5.69 Å². The van der Waals surface area contributed by atoms with Crippen molar-refractivity contribution in [1.82, 2.24) is 14.8 Å². The highest BCUT2D eigenvalue weighted by molar-refractivity contribution is 7.99.